The second-order valence-electron chi connectivity index (χ2n) is 6.45. The van der Waals surface area contributed by atoms with Crippen LogP contribution in [-0.2, 0) is 18.3 Å². The minimum atomic E-state index is -0.0885. The first kappa shape index (κ1) is 19.4. The predicted molar refractivity (Wildman–Crippen MR) is 119 cm³/mol. The molecule has 0 spiro atoms. The number of thioether (sulfide) groups is 1. The number of hydrogen-bond acceptors (Lipinski definition) is 7. The van der Waals surface area contributed by atoms with Crippen LogP contribution in [0.3, 0.4) is 0 Å². The van der Waals surface area contributed by atoms with E-state index in [-0.39, 0.29) is 11.7 Å². The normalized spacial score (nSPS) is 11.1. The molecule has 3 N–H and O–H groups in total. The average Bonchev–Trinajstić information content (AvgIpc) is 3.27. The Hall–Kier alpha value is -2.91. The summed E-state index contributed by atoms with van der Waals surface area (Å²) in [7, 11) is 1.87. The Morgan fingerprint density at radius 1 is 1.24 bits per heavy atom. The summed E-state index contributed by atoms with van der Waals surface area (Å²) >= 11 is 2.82. The number of aryl methyl sites for hydroxylation is 1. The number of benzene rings is 1. The number of rotatable bonds is 6. The van der Waals surface area contributed by atoms with Crippen molar-refractivity contribution < 1.29 is 4.79 Å². The number of thiophene rings is 1. The Bertz CT molecular complexity index is 1170. The zero-order valence-electron chi connectivity index (χ0n) is 16.0. The largest absolute Gasteiger partial charge is 0.397 e. The summed E-state index contributed by atoms with van der Waals surface area (Å²) in [5.74, 6) is 0.822. The topological polar surface area (TPSA) is 98.7 Å². The summed E-state index contributed by atoms with van der Waals surface area (Å²) in [5.41, 5.74) is 8.97. The molecule has 1 aromatic carbocycles. The minimum Gasteiger partial charge on any atom is -0.397 e. The van der Waals surface area contributed by atoms with Crippen LogP contribution in [0, 0.1) is 0 Å². The van der Waals surface area contributed by atoms with Gasteiger partial charge in [-0.25, -0.2) is 4.98 Å². The number of amides is 1. The highest BCUT2D eigenvalue weighted by molar-refractivity contribution is 7.99. The molecule has 3 heterocycles. The molecular weight excluding hydrogens is 404 g/mol. The quantitative estimate of drug-likeness (QED) is 0.455. The zero-order chi connectivity index (χ0) is 20.4. The molecule has 1 amide bonds. The van der Waals surface area contributed by atoms with Gasteiger partial charge < -0.3 is 15.6 Å². The summed E-state index contributed by atoms with van der Waals surface area (Å²) in [6, 6.07) is 11.7. The molecule has 4 rings (SSSR count). The van der Waals surface area contributed by atoms with Crippen LogP contribution in [0.5, 0.6) is 0 Å². The number of carbonyl (C=O) groups is 1. The summed E-state index contributed by atoms with van der Waals surface area (Å²) in [6.45, 7) is 2.10. The van der Waals surface area contributed by atoms with Crippen LogP contribution < -0.4 is 11.1 Å². The van der Waals surface area contributed by atoms with Gasteiger partial charge in [-0.2, -0.15) is 0 Å². The lowest BCUT2D eigenvalue weighted by Crippen LogP contribution is -2.14. The van der Waals surface area contributed by atoms with Gasteiger partial charge in [0.15, 0.2) is 11.0 Å². The monoisotopic (exact) mass is 424 g/mol. The average molecular weight is 425 g/mol. The summed E-state index contributed by atoms with van der Waals surface area (Å²) in [4.78, 5) is 18.3. The molecule has 0 unspecified atom stereocenters. The molecule has 0 bridgehead atoms. The highest BCUT2D eigenvalue weighted by Gasteiger charge is 2.19. The van der Waals surface area contributed by atoms with Crippen molar-refractivity contribution in [3.05, 3.63) is 48.2 Å². The van der Waals surface area contributed by atoms with Gasteiger partial charge in [0.2, 0.25) is 5.91 Å². The van der Waals surface area contributed by atoms with E-state index in [9.17, 15) is 4.79 Å². The number of anilines is 2. The molecule has 0 saturated heterocycles. The summed E-state index contributed by atoms with van der Waals surface area (Å²) in [6.07, 6.45) is 2.72. The molecule has 4 aromatic rings. The predicted octanol–water partition coefficient (Wildman–Crippen LogP) is 3.97. The van der Waals surface area contributed by atoms with Crippen molar-refractivity contribution in [2.75, 3.05) is 16.8 Å². The van der Waals surface area contributed by atoms with E-state index in [1.54, 1.807) is 6.20 Å². The maximum Gasteiger partial charge on any atom is 0.234 e. The molecule has 0 fully saturated rings. The summed E-state index contributed by atoms with van der Waals surface area (Å²) < 4.78 is 1.86. The smallest absolute Gasteiger partial charge is 0.234 e. The first-order valence-corrected chi connectivity index (χ1v) is 10.9. The lowest BCUT2D eigenvalue weighted by molar-refractivity contribution is -0.113. The molecule has 0 atom stereocenters. The second-order valence-corrected chi connectivity index (χ2v) is 8.40. The number of nitrogens with two attached hydrogens (primary N) is 1. The molecule has 0 aliphatic heterocycles. The molecule has 29 heavy (non-hydrogen) atoms. The SMILES string of the molecule is CCc1ccc(NC(=O)CSc2nnc(-c3sc4ncccc4c3N)n2C)cc1. The highest BCUT2D eigenvalue weighted by Crippen LogP contribution is 2.39. The van der Waals surface area contributed by atoms with Crippen molar-refractivity contribution in [3.63, 3.8) is 0 Å². The molecule has 0 aliphatic carbocycles. The van der Waals surface area contributed by atoms with Gasteiger partial charge in [-0.05, 0) is 36.2 Å². The second kappa shape index (κ2) is 8.22. The van der Waals surface area contributed by atoms with Crippen molar-refractivity contribution in [1.29, 1.82) is 0 Å². The first-order valence-electron chi connectivity index (χ1n) is 9.11. The number of hydrogen-bond donors (Lipinski definition) is 2. The van der Waals surface area contributed by atoms with Gasteiger partial charge in [-0.15, -0.1) is 21.5 Å². The van der Waals surface area contributed by atoms with Gasteiger partial charge in [-0.3, -0.25) is 4.79 Å². The van der Waals surface area contributed by atoms with Crippen LogP contribution in [0.4, 0.5) is 11.4 Å². The van der Waals surface area contributed by atoms with Gasteiger partial charge in [0, 0.05) is 24.3 Å². The molecule has 0 radical (unpaired) electrons. The molecule has 7 nitrogen and oxygen atoms in total. The van der Waals surface area contributed by atoms with Gasteiger partial charge in [0.1, 0.15) is 4.83 Å². The van der Waals surface area contributed by atoms with E-state index < -0.39 is 0 Å². The highest BCUT2D eigenvalue weighted by atomic mass is 32.2. The van der Waals surface area contributed by atoms with Crippen LogP contribution in [0.1, 0.15) is 12.5 Å². The van der Waals surface area contributed by atoms with E-state index >= 15 is 0 Å². The van der Waals surface area contributed by atoms with Gasteiger partial charge in [0.05, 0.1) is 16.3 Å². The molecule has 148 valence electrons. The molecule has 0 aliphatic rings. The van der Waals surface area contributed by atoms with Crippen LogP contribution in [0.15, 0.2) is 47.8 Å². The van der Waals surface area contributed by atoms with Crippen molar-refractivity contribution in [1.82, 2.24) is 19.7 Å². The number of aromatic nitrogens is 4. The van der Waals surface area contributed by atoms with E-state index in [0.717, 1.165) is 27.2 Å². The fourth-order valence-corrected chi connectivity index (χ4v) is 4.70. The maximum absolute atomic E-state index is 12.3. The Morgan fingerprint density at radius 2 is 2.03 bits per heavy atom. The first-order chi connectivity index (χ1) is 14.1. The number of nitrogen functional groups attached to an aromatic ring is 1. The third-order valence-electron chi connectivity index (χ3n) is 4.52. The van der Waals surface area contributed by atoms with E-state index in [4.69, 9.17) is 5.73 Å². The van der Waals surface area contributed by atoms with Crippen molar-refractivity contribution in [2.24, 2.45) is 7.05 Å². The Labute approximate surface area is 176 Å². The van der Waals surface area contributed by atoms with Gasteiger partial charge in [-0.1, -0.05) is 30.8 Å². The lowest BCUT2D eigenvalue weighted by Gasteiger charge is -2.06. The fraction of sp³-hybridized carbons (Fsp3) is 0.200. The summed E-state index contributed by atoms with van der Waals surface area (Å²) in [5, 5.41) is 13.0. The van der Waals surface area contributed by atoms with E-state index in [1.807, 2.05) is 48.0 Å². The van der Waals surface area contributed by atoms with Gasteiger partial charge in [0.25, 0.3) is 0 Å². The number of carbonyl (C=O) groups excluding carboxylic acids is 1. The number of nitrogens with zero attached hydrogens (tertiary/aromatic N) is 4. The minimum absolute atomic E-state index is 0.0885. The molecule has 3 aromatic heterocycles. The fourth-order valence-electron chi connectivity index (χ4n) is 2.91. The van der Waals surface area contributed by atoms with E-state index in [0.29, 0.717) is 16.7 Å². The van der Waals surface area contributed by atoms with Crippen molar-refractivity contribution in [2.45, 2.75) is 18.5 Å². The van der Waals surface area contributed by atoms with Crippen LogP contribution in [0.25, 0.3) is 20.9 Å². The lowest BCUT2D eigenvalue weighted by atomic mass is 10.1. The van der Waals surface area contributed by atoms with Gasteiger partial charge >= 0.3 is 0 Å². The number of nitrogens with one attached hydrogen (secondary N) is 1. The Balaban J connectivity index is 1.45. The van der Waals surface area contributed by atoms with E-state index in [2.05, 4.69) is 27.4 Å². The number of pyridine rings is 1. The van der Waals surface area contributed by atoms with Crippen molar-refractivity contribution in [3.8, 4) is 10.7 Å². The zero-order valence-corrected chi connectivity index (χ0v) is 17.7. The number of fused-ring (bicyclic) bond motifs is 1. The third-order valence-corrected chi connectivity index (χ3v) is 6.67. The molecular formula is C20H20N6OS2. The van der Waals surface area contributed by atoms with Crippen LogP contribution in [-0.4, -0.2) is 31.4 Å². The standard InChI is InChI=1S/C20H20N6OS2/c1-3-12-6-8-13(9-7-12)23-15(27)11-28-20-25-24-18(26(20)2)17-16(21)14-5-4-10-22-19(14)29-17/h4-10H,3,11,21H2,1-2H3,(H,23,27). The maximum atomic E-state index is 12.3. The Kier molecular flexibility index (Phi) is 5.50. The van der Waals surface area contributed by atoms with Crippen LogP contribution >= 0.6 is 23.1 Å². The van der Waals surface area contributed by atoms with Crippen molar-refractivity contribution >= 4 is 50.6 Å². The molecule has 0 saturated carbocycles. The Morgan fingerprint density at radius 3 is 2.76 bits per heavy atom. The molecule has 9 heteroatoms. The van der Waals surface area contributed by atoms with Crippen LogP contribution in [0.2, 0.25) is 0 Å². The third kappa shape index (κ3) is 3.96. The van der Waals surface area contributed by atoms with E-state index in [1.165, 1.54) is 28.7 Å².